The third-order valence-corrected chi connectivity index (χ3v) is 8.97. The van der Waals surface area contributed by atoms with Gasteiger partial charge in [-0.3, -0.25) is 4.79 Å². The van der Waals surface area contributed by atoms with Crippen molar-refractivity contribution in [1.82, 2.24) is 0 Å². The highest BCUT2D eigenvalue weighted by Gasteiger charge is 2.39. The minimum atomic E-state index is -0.301. The van der Waals surface area contributed by atoms with Gasteiger partial charge in [-0.25, -0.2) is 4.39 Å². The fourth-order valence-electron chi connectivity index (χ4n) is 6.90. The van der Waals surface area contributed by atoms with E-state index in [1.807, 2.05) is 0 Å². The van der Waals surface area contributed by atoms with Gasteiger partial charge in [-0.05, 0) is 112 Å². The number of carbonyl (C=O) groups is 1. The van der Waals surface area contributed by atoms with Crippen molar-refractivity contribution in [2.75, 3.05) is 0 Å². The van der Waals surface area contributed by atoms with Crippen LogP contribution in [0.2, 0.25) is 0 Å². The Morgan fingerprint density at radius 3 is 2.34 bits per heavy atom. The van der Waals surface area contributed by atoms with E-state index in [-0.39, 0.29) is 17.7 Å². The van der Waals surface area contributed by atoms with E-state index in [1.54, 1.807) is 18.2 Å². The summed E-state index contributed by atoms with van der Waals surface area (Å²) in [7, 11) is 0. The summed E-state index contributed by atoms with van der Waals surface area (Å²) in [5, 5.41) is 0. The number of aryl methyl sites for hydroxylation is 1. The van der Waals surface area contributed by atoms with Gasteiger partial charge in [0.25, 0.3) is 0 Å². The Hall–Kier alpha value is -1.64. The van der Waals surface area contributed by atoms with Crippen LogP contribution in [0.3, 0.4) is 0 Å². The highest BCUT2D eigenvalue weighted by molar-refractivity contribution is 5.75. The zero-order valence-electron chi connectivity index (χ0n) is 19.9. The van der Waals surface area contributed by atoms with Gasteiger partial charge in [-0.15, -0.1) is 6.58 Å². The molecule has 0 aromatic heterocycles. The molecule has 0 bridgehead atoms. The van der Waals surface area contributed by atoms with Gasteiger partial charge >= 0.3 is 5.97 Å². The summed E-state index contributed by atoms with van der Waals surface area (Å²) < 4.78 is 19.8. The number of carbonyl (C=O) groups excluding carboxylic acids is 1. The van der Waals surface area contributed by atoms with Gasteiger partial charge in [0.15, 0.2) is 0 Å². The Morgan fingerprint density at radius 1 is 1.00 bits per heavy atom. The van der Waals surface area contributed by atoms with E-state index >= 15 is 0 Å². The van der Waals surface area contributed by atoms with Gasteiger partial charge in [-0.2, -0.15) is 0 Å². The maximum atomic E-state index is 14.3. The second-order valence-corrected chi connectivity index (χ2v) is 10.8. The number of benzene rings is 1. The van der Waals surface area contributed by atoms with Crippen LogP contribution in [0, 0.1) is 41.3 Å². The van der Waals surface area contributed by atoms with Gasteiger partial charge in [0.1, 0.15) is 11.6 Å². The molecular weight excluding hydrogens is 399 g/mol. The first kappa shape index (κ1) is 23.5. The van der Waals surface area contributed by atoms with Gasteiger partial charge < -0.3 is 4.74 Å². The topological polar surface area (TPSA) is 26.3 Å². The Morgan fingerprint density at radius 2 is 1.66 bits per heavy atom. The third-order valence-electron chi connectivity index (χ3n) is 8.97. The number of hydrogen-bond acceptors (Lipinski definition) is 2. The van der Waals surface area contributed by atoms with Gasteiger partial charge in [-0.1, -0.05) is 31.9 Å². The molecule has 0 spiro atoms. The van der Waals surface area contributed by atoms with E-state index in [4.69, 9.17) is 4.74 Å². The van der Waals surface area contributed by atoms with E-state index in [2.05, 4.69) is 13.5 Å². The van der Waals surface area contributed by atoms with Crippen molar-refractivity contribution in [2.24, 2.45) is 35.5 Å². The Labute approximate surface area is 194 Å². The summed E-state index contributed by atoms with van der Waals surface area (Å²) >= 11 is 0. The summed E-state index contributed by atoms with van der Waals surface area (Å²) in [6.45, 7) is 6.04. The van der Waals surface area contributed by atoms with E-state index in [0.29, 0.717) is 17.7 Å². The molecule has 0 N–H and O–H groups in total. The number of allylic oxidation sites excluding steroid dienone is 1. The van der Waals surface area contributed by atoms with Crippen LogP contribution < -0.4 is 4.74 Å². The highest BCUT2D eigenvalue weighted by atomic mass is 19.1. The molecule has 3 fully saturated rings. The Kier molecular flexibility index (Phi) is 8.07. The molecular formula is C29H41FO2. The molecule has 0 aliphatic heterocycles. The first-order chi connectivity index (χ1) is 15.6. The standard InChI is InChI=1S/C29H41FO2/c1-3-5-6-22-15-16-27(19-28(22)30)32-29(31)23-11-9-21(10-12-23)25-14-13-24-17-20(4-2)7-8-26(24)18-25/h3,15-16,19-21,23-26H,1,4-14,17-18H2,2H3. The number of esters is 1. The molecule has 3 heteroatoms. The monoisotopic (exact) mass is 440 g/mol. The smallest absolute Gasteiger partial charge is 0.314 e. The van der Waals surface area contributed by atoms with Crippen molar-refractivity contribution in [2.45, 2.75) is 90.4 Å². The van der Waals surface area contributed by atoms with Crippen LogP contribution in [0.15, 0.2) is 30.9 Å². The SMILES string of the molecule is C=CCCc1ccc(OC(=O)C2CCC(C3CCC4CC(CC)CCC4C3)CC2)cc1F. The molecule has 4 rings (SSSR count). The Balaban J connectivity index is 1.24. The quantitative estimate of drug-likeness (QED) is 0.245. The molecule has 1 aromatic rings. The normalized spacial score (nSPS) is 32.7. The lowest BCUT2D eigenvalue weighted by atomic mass is 9.61. The fourth-order valence-corrected chi connectivity index (χ4v) is 6.90. The van der Waals surface area contributed by atoms with E-state index in [9.17, 15) is 9.18 Å². The molecule has 0 amide bonds. The molecule has 0 heterocycles. The molecule has 176 valence electrons. The summed E-state index contributed by atoms with van der Waals surface area (Å²) in [5.74, 6) is 4.39. The maximum Gasteiger partial charge on any atom is 0.314 e. The first-order valence-electron chi connectivity index (χ1n) is 13.2. The lowest BCUT2D eigenvalue weighted by Gasteiger charge is -2.45. The predicted octanol–water partition coefficient (Wildman–Crippen LogP) is 7.90. The lowest BCUT2D eigenvalue weighted by molar-refractivity contribution is -0.140. The van der Waals surface area contributed by atoms with E-state index in [0.717, 1.165) is 61.7 Å². The van der Waals surface area contributed by atoms with E-state index < -0.39 is 0 Å². The summed E-state index contributed by atoms with van der Waals surface area (Å²) in [6, 6.07) is 4.80. The maximum absolute atomic E-state index is 14.3. The van der Waals surface area contributed by atoms with Crippen molar-refractivity contribution in [3.8, 4) is 5.75 Å². The van der Waals surface area contributed by atoms with Crippen molar-refractivity contribution in [3.05, 3.63) is 42.2 Å². The number of ether oxygens (including phenoxy) is 1. The average Bonchev–Trinajstić information content (AvgIpc) is 2.83. The average molecular weight is 441 g/mol. The van der Waals surface area contributed by atoms with Crippen LogP contribution in [-0.4, -0.2) is 5.97 Å². The van der Waals surface area contributed by atoms with Gasteiger partial charge in [0, 0.05) is 6.07 Å². The first-order valence-corrected chi connectivity index (χ1v) is 13.2. The van der Waals surface area contributed by atoms with Crippen LogP contribution >= 0.6 is 0 Å². The molecule has 3 saturated carbocycles. The van der Waals surface area contributed by atoms with Crippen molar-refractivity contribution < 1.29 is 13.9 Å². The highest BCUT2D eigenvalue weighted by Crippen LogP contribution is 2.49. The largest absolute Gasteiger partial charge is 0.426 e. The molecule has 1 aromatic carbocycles. The minimum absolute atomic E-state index is 0.0360. The van der Waals surface area contributed by atoms with Crippen LogP contribution in [0.1, 0.15) is 89.5 Å². The molecule has 2 nitrogen and oxygen atoms in total. The summed E-state index contributed by atoms with van der Waals surface area (Å²) in [5.41, 5.74) is 0.642. The van der Waals surface area contributed by atoms with Crippen LogP contribution in [0.5, 0.6) is 5.75 Å². The molecule has 32 heavy (non-hydrogen) atoms. The van der Waals surface area contributed by atoms with Crippen molar-refractivity contribution in [3.63, 3.8) is 0 Å². The second kappa shape index (κ2) is 11.0. The van der Waals surface area contributed by atoms with Crippen LogP contribution in [-0.2, 0) is 11.2 Å². The van der Waals surface area contributed by atoms with E-state index in [1.165, 1.54) is 51.0 Å². The summed E-state index contributed by atoms with van der Waals surface area (Å²) in [6.07, 6.45) is 17.3. The molecule has 4 atom stereocenters. The molecule has 3 aliphatic rings. The van der Waals surface area contributed by atoms with Crippen molar-refractivity contribution in [1.29, 1.82) is 0 Å². The Bertz CT molecular complexity index is 779. The fraction of sp³-hybridized carbons (Fsp3) is 0.690. The number of hydrogen-bond donors (Lipinski definition) is 0. The lowest BCUT2D eigenvalue weighted by Crippen LogP contribution is -2.35. The zero-order chi connectivity index (χ0) is 22.5. The summed E-state index contributed by atoms with van der Waals surface area (Å²) in [4.78, 5) is 12.7. The molecule has 4 unspecified atom stereocenters. The molecule has 0 radical (unpaired) electrons. The minimum Gasteiger partial charge on any atom is -0.426 e. The number of rotatable bonds is 7. The number of fused-ring (bicyclic) bond motifs is 1. The van der Waals surface area contributed by atoms with Crippen LogP contribution in [0.25, 0.3) is 0 Å². The predicted molar refractivity (Wildman–Crippen MR) is 128 cm³/mol. The number of halogens is 1. The van der Waals surface area contributed by atoms with Crippen LogP contribution in [0.4, 0.5) is 4.39 Å². The molecule has 3 aliphatic carbocycles. The van der Waals surface area contributed by atoms with Gasteiger partial charge in [0.2, 0.25) is 0 Å². The van der Waals surface area contributed by atoms with Gasteiger partial charge in [0.05, 0.1) is 5.92 Å². The molecule has 0 saturated heterocycles. The zero-order valence-corrected chi connectivity index (χ0v) is 19.9. The third kappa shape index (κ3) is 5.64. The van der Waals surface area contributed by atoms with Crippen molar-refractivity contribution >= 4 is 5.97 Å². The second-order valence-electron chi connectivity index (χ2n) is 10.8.